The normalized spacial score (nSPS) is 19.1. The van der Waals surface area contributed by atoms with Gasteiger partial charge in [-0.15, -0.1) is 0 Å². The van der Waals surface area contributed by atoms with E-state index in [4.69, 9.17) is 9.47 Å². The van der Waals surface area contributed by atoms with Gasteiger partial charge in [-0.3, -0.25) is 0 Å². The first-order chi connectivity index (χ1) is 7.96. The fourth-order valence-corrected chi connectivity index (χ4v) is 1.86. The quantitative estimate of drug-likeness (QED) is 0.701. The molecular weight excluding hydrogens is 216 g/mol. The zero-order valence-corrected chi connectivity index (χ0v) is 10.5. The Balaban J connectivity index is 2.05. The minimum absolute atomic E-state index is 0.271. The van der Waals surface area contributed by atoms with Crippen LogP contribution < -0.4 is 4.74 Å². The molecule has 1 aliphatic heterocycles. The lowest BCUT2D eigenvalue weighted by molar-refractivity contribution is -0.164. The highest BCUT2D eigenvalue weighted by molar-refractivity contribution is 5.76. The number of benzene rings is 1. The highest BCUT2D eigenvalue weighted by Crippen LogP contribution is 2.28. The minimum atomic E-state index is -0.468. The Morgan fingerprint density at radius 1 is 1.35 bits per heavy atom. The van der Waals surface area contributed by atoms with Crippen molar-refractivity contribution in [3.8, 4) is 5.75 Å². The van der Waals surface area contributed by atoms with E-state index in [1.165, 1.54) is 0 Å². The van der Waals surface area contributed by atoms with Crippen molar-refractivity contribution in [3.05, 3.63) is 29.8 Å². The van der Waals surface area contributed by atoms with Gasteiger partial charge in [-0.25, -0.2) is 4.79 Å². The molecule has 0 fully saturated rings. The van der Waals surface area contributed by atoms with Crippen LogP contribution in [-0.4, -0.2) is 17.7 Å². The molecule has 0 N–H and O–H groups in total. The van der Waals surface area contributed by atoms with Gasteiger partial charge in [0.2, 0.25) is 0 Å². The zero-order valence-electron chi connectivity index (χ0n) is 10.5. The molecular formula is C14H18O3. The maximum Gasteiger partial charge on any atom is 0.347 e. The molecule has 17 heavy (non-hydrogen) atoms. The van der Waals surface area contributed by atoms with Gasteiger partial charge in [0.1, 0.15) is 11.4 Å². The molecule has 0 saturated carbocycles. The molecule has 1 aromatic rings. The number of fused-ring (bicyclic) bond motifs is 1. The van der Waals surface area contributed by atoms with Crippen LogP contribution in [0.25, 0.3) is 0 Å². The summed E-state index contributed by atoms with van der Waals surface area (Å²) in [5.74, 6) is 0.529. The van der Waals surface area contributed by atoms with Gasteiger partial charge in [-0.05, 0) is 45.2 Å². The number of carbonyl (C=O) groups is 1. The maximum atomic E-state index is 11.9. The fourth-order valence-electron chi connectivity index (χ4n) is 1.86. The van der Waals surface area contributed by atoms with Crippen LogP contribution in [0.1, 0.15) is 32.8 Å². The van der Waals surface area contributed by atoms with Gasteiger partial charge in [0.05, 0.1) is 0 Å². The number of hydrogen-bond donors (Lipinski definition) is 0. The Morgan fingerprint density at radius 3 is 2.76 bits per heavy atom. The van der Waals surface area contributed by atoms with Crippen molar-refractivity contribution < 1.29 is 14.3 Å². The molecule has 3 heteroatoms. The monoisotopic (exact) mass is 234 g/mol. The van der Waals surface area contributed by atoms with Gasteiger partial charge in [-0.2, -0.15) is 0 Å². The van der Waals surface area contributed by atoms with Crippen molar-refractivity contribution in [2.75, 3.05) is 0 Å². The number of ether oxygens (including phenoxy) is 2. The molecule has 1 atom stereocenters. The van der Waals surface area contributed by atoms with Crippen LogP contribution in [0.3, 0.4) is 0 Å². The summed E-state index contributed by atoms with van der Waals surface area (Å²) in [4.78, 5) is 11.9. The molecule has 1 aromatic carbocycles. The van der Waals surface area contributed by atoms with Crippen molar-refractivity contribution in [2.24, 2.45) is 0 Å². The van der Waals surface area contributed by atoms with Crippen molar-refractivity contribution in [3.63, 3.8) is 0 Å². The predicted molar refractivity (Wildman–Crippen MR) is 65.0 cm³/mol. The summed E-state index contributed by atoms with van der Waals surface area (Å²) in [5.41, 5.74) is 0.699. The van der Waals surface area contributed by atoms with Gasteiger partial charge >= 0.3 is 5.97 Å². The van der Waals surface area contributed by atoms with Crippen molar-refractivity contribution in [2.45, 2.75) is 45.3 Å². The van der Waals surface area contributed by atoms with E-state index < -0.39 is 11.7 Å². The van der Waals surface area contributed by atoms with Gasteiger partial charge in [0, 0.05) is 0 Å². The van der Waals surface area contributed by atoms with Crippen LogP contribution in [0.4, 0.5) is 0 Å². The summed E-state index contributed by atoms with van der Waals surface area (Å²) >= 11 is 0. The molecule has 0 bridgehead atoms. The minimum Gasteiger partial charge on any atom is -0.478 e. The summed E-state index contributed by atoms with van der Waals surface area (Å²) < 4.78 is 11.0. The van der Waals surface area contributed by atoms with E-state index in [2.05, 4.69) is 0 Å². The van der Waals surface area contributed by atoms with Crippen LogP contribution in [0.5, 0.6) is 5.75 Å². The highest BCUT2D eigenvalue weighted by atomic mass is 16.6. The van der Waals surface area contributed by atoms with E-state index in [1.54, 1.807) is 0 Å². The van der Waals surface area contributed by atoms with Crippen LogP contribution >= 0.6 is 0 Å². The van der Waals surface area contributed by atoms with Gasteiger partial charge < -0.3 is 9.47 Å². The topological polar surface area (TPSA) is 35.5 Å². The summed E-state index contributed by atoms with van der Waals surface area (Å²) in [7, 11) is 0. The number of para-hydroxylation sites is 1. The molecule has 1 heterocycles. The molecule has 2 rings (SSSR count). The molecule has 0 unspecified atom stereocenters. The maximum absolute atomic E-state index is 11.9. The lowest BCUT2D eigenvalue weighted by atomic mass is 10.0. The number of rotatable bonds is 1. The van der Waals surface area contributed by atoms with E-state index in [1.807, 2.05) is 45.0 Å². The average Bonchev–Trinajstić information content (AvgIpc) is 2.26. The Morgan fingerprint density at radius 2 is 2.06 bits per heavy atom. The summed E-state index contributed by atoms with van der Waals surface area (Å²) in [6, 6.07) is 7.82. The summed E-state index contributed by atoms with van der Waals surface area (Å²) in [5, 5.41) is 0. The van der Waals surface area contributed by atoms with Crippen molar-refractivity contribution >= 4 is 5.97 Å². The first-order valence-electron chi connectivity index (χ1n) is 5.93. The second kappa shape index (κ2) is 4.40. The summed E-state index contributed by atoms with van der Waals surface area (Å²) in [6.45, 7) is 5.59. The first kappa shape index (κ1) is 12.0. The number of esters is 1. The predicted octanol–water partition coefficient (Wildman–Crippen LogP) is 2.72. The molecule has 0 radical (unpaired) electrons. The fraction of sp³-hybridized carbons (Fsp3) is 0.500. The lowest BCUT2D eigenvalue weighted by Crippen LogP contribution is -2.37. The Labute approximate surface area is 102 Å². The molecule has 1 aliphatic rings. The smallest absolute Gasteiger partial charge is 0.347 e. The first-order valence-corrected chi connectivity index (χ1v) is 5.93. The highest BCUT2D eigenvalue weighted by Gasteiger charge is 2.29. The lowest BCUT2D eigenvalue weighted by Gasteiger charge is -2.28. The third-order valence-electron chi connectivity index (χ3n) is 2.59. The van der Waals surface area contributed by atoms with Crippen LogP contribution in [-0.2, 0) is 16.0 Å². The van der Waals surface area contributed by atoms with Gasteiger partial charge in [0.25, 0.3) is 0 Å². The molecule has 3 nitrogen and oxygen atoms in total. The number of aryl methyl sites for hydroxylation is 1. The van der Waals surface area contributed by atoms with E-state index >= 15 is 0 Å². The molecule has 0 spiro atoms. The number of hydrogen-bond acceptors (Lipinski definition) is 3. The van der Waals surface area contributed by atoms with Crippen LogP contribution in [0, 0.1) is 0 Å². The Hall–Kier alpha value is -1.51. The molecule has 0 aromatic heterocycles. The zero-order chi connectivity index (χ0) is 12.5. The molecule has 0 amide bonds. The molecule has 92 valence electrons. The van der Waals surface area contributed by atoms with E-state index in [-0.39, 0.29) is 5.97 Å². The van der Waals surface area contributed by atoms with Crippen LogP contribution in [0.2, 0.25) is 0 Å². The van der Waals surface area contributed by atoms with E-state index in [0.29, 0.717) is 6.42 Å². The van der Waals surface area contributed by atoms with Crippen LogP contribution in [0.15, 0.2) is 24.3 Å². The van der Waals surface area contributed by atoms with E-state index in [9.17, 15) is 4.79 Å². The van der Waals surface area contributed by atoms with Crippen molar-refractivity contribution in [1.82, 2.24) is 0 Å². The van der Waals surface area contributed by atoms with Gasteiger partial charge in [0.15, 0.2) is 6.10 Å². The molecule has 0 aliphatic carbocycles. The van der Waals surface area contributed by atoms with E-state index in [0.717, 1.165) is 17.7 Å². The largest absolute Gasteiger partial charge is 0.478 e. The SMILES string of the molecule is CC(C)(C)OC(=O)[C@@H]1CCc2ccccc2O1. The summed E-state index contributed by atoms with van der Waals surface area (Å²) in [6.07, 6.45) is 1.08. The number of carbonyl (C=O) groups excluding carboxylic acids is 1. The second-order valence-electron chi connectivity index (χ2n) is 5.29. The Bertz CT molecular complexity index is 418. The third kappa shape index (κ3) is 2.99. The molecule has 0 saturated heterocycles. The average molecular weight is 234 g/mol. The van der Waals surface area contributed by atoms with Gasteiger partial charge in [-0.1, -0.05) is 18.2 Å². The van der Waals surface area contributed by atoms with Crippen molar-refractivity contribution in [1.29, 1.82) is 0 Å². The second-order valence-corrected chi connectivity index (χ2v) is 5.29. The third-order valence-corrected chi connectivity index (χ3v) is 2.59. The standard InChI is InChI=1S/C14H18O3/c1-14(2,3)17-13(15)12-9-8-10-6-4-5-7-11(10)16-12/h4-7,12H,8-9H2,1-3H3/t12-/m0/s1. The Kier molecular flexibility index (Phi) is 3.09.